The molecule has 1 aliphatic carbocycles. The number of hydrogen-bond acceptors (Lipinski definition) is 1. The maximum Gasteiger partial charge on any atom is 0.311 e. The standard InChI is InChI=1S/C12H13BrO2/c13-10-6-4-9(5-7-10)11(12(14)15)8-2-1-3-8/h4-8,11H,1-3H2,(H,14,15)/t11-/m0/s1. The summed E-state index contributed by atoms with van der Waals surface area (Å²) < 4.78 is 0.990. The van der Waals surface area contributed by atoms with E-state index in [9.17, 15) is 9.90 Å². The van der Waals surface area contributed by atoms with Gasteiger partial charge in [0.15, 0.2) is 0 Å². The summed E-state index contributed by atoms with van der Waals surface area (Å²) in [5.74, 6) is -0.669. The van der Waals surface area contributed by atoms with Gasteiger partial charge in [-0.3, -0.25) is 4.79 Å². The molecule has 0 aromatic heterocycles. The van der Waals surface area contributed by atoms with Crippen LogP contribution in [0, 0.1) is 5.92 Å². The van der Waals surface area contributed by atoms with Crippen molar-refractivity contribution in [3.63, 3.8) is 0 Å². The van der Waals surface area contributed by atoms with E-state index in [1.807, 2.05) is 24.3 Å². The van der Waals surface area contributed by atoms with Gasteiger partial charge in [0.1, 0.15) is 0 Å². The van der Waals surface area contributed by atoms with E-state index in [4.69, 9.17) is 0 Å². The second-order valence-corrected chi connectivity index (χ2v) is 4.97. The lowest BCUT2D eigenvalue weighted by atomic mass is 9.73. The summed E-state index contributed by atoms with van der Waals surface area (Å²) in [4.78, 5) is 11.2. The summed E-state index contributed by atoms with van der Waals surface area (Å²) in [6, 6.07) is 7.62. The topological polar surface area (TPSA) is 37.3 Å². The Kier molecular flexibility index (Phi) is 3.10. The van der Waals surface area contributed by atoms with Gasteiger partial charge >= 0.3 is 5.97 Å². The van der Waals surface area contributed by atoms with Crippen LogP contribution in [0.25, 0.3) is 0 Å². The Balaban J connectivity index is 2.23. The molecule has 1 aromatic carbocycles. The maximum absolute atomic E-state index is 11.2. The molecule has 0 bridgehead atoms. The lowest BCUT2D eigenvalue weighted by molar-refractivity contribution is -0.141. The number of hydrogen-bond donors (Lipinski definition) is 1. The minimum Gasteiger partial charge on any atom is -0.481 e. The van der Waals surface area contributed by atoms with Gasteiger partial charge in [0.05, 0.1) is 5.92 Å². The highest BCUT2D eigenvalue weighted by Crippen LogP contribution is 2.39. The van der Waals surface area contributed by atoms with Crippen molar-refractivity contribution in [3.8, 4) is 0 Å². The van der Waals surface area contributed by atoms with Crippen molar-refractivity contribution in [2.45, 2.75) is 25.2 Å². The van der Waals surface area contributed by atoms with Crippen molar-refractivity contribution >= 4 is 21.9 Å². The van der Waals surface area contributed by atoms with Gasteiger partial charge in [0.25, 0.3) is 0 Å². The second kappa shape index (κ2) is 4.35. The van der Waals surface area contributed by atoms with Gasteiger partial charge in [0, 0.05) is 4.47 Å². The number of rotatable bonds is 3. The monoisotopic (exact) mass is 268 g/mol. The van der Waals surface area contributed by atoms with Gasteiger partial charge in [0.2, 0.25) is 0 Å². The van der Waals surface area contributed by atoms with Crippen LogP contribution >= 0.6 is 15.9 Å². The number of carbonyl (C=O) groups is 1. The number of carboxylic acids is 1. The average molecular weight is 269 g/mol. The normalized spacial score (nSPS) is 18.2. The van der Waals surface area contributed by atoms with Crippen molar-refractivity contribution in [1.29, 1.82) is 0 Å². The summed E-state index contributed by atoms with van der Waals surface area (Å²) in [6.45, 7) is 0. The van der Waals surface area contributed by atoms with Crippen LogP contribution in [0.5, 0.6) is 0 Å². The predicted molar refractivity (Wildman–Crippen MR) is 61.9 cm³/mol. The smallest absolute Gasteiger partial charge is 0.311 e. The Morgan fingerprint density at radius 1 is 1.33 bits per heavy atom. The van der Waals surface area contributed by atoms with Crippen LogP contribution in [-0.2, 0) is 4.79 Å². The number of benzene rings is 1. The van der Waals surface area contributed by atoms with Crippen LogP contribution < -0.4 is 0 Å². The molecular weight excluding hydrogens is 256 g/mol. The fourth-order valence-corrected chi connectivity index (χ4v) is 2.32. The van der Waals surface area contributed by atoms with Gasteiger partial charge in [-0.2, -0.15) is 0 Å². The van der Waals surface area contributed by atoms with Gasteiger partial charge in [-0.05, 0) is 36.5 Å². The average Bonchev–Trinajstić information content (AvgIpc) is 2.12. The molecule has 2 nitrogen and oxygen atoms in total. The quantitative estimate of drug-likeness (QED) is 0.912. The number of aliphatic carboxylic acids is 1. The Bertz CT molecular complexity index is 354. The molecule has 0 heterocycles. The summed E-state index contributed by atoms with van der Waals surface area (Å²) in [5, 5.41) is 9.22. The van der Waals surface area contributed by atoms with Crippen LogP contribution in [0.15, 0.2) is 28.7 Å². The third-order valence-electron chi connectivity index (χ3n) is 3.12. The molecule has 15 heavy (non-hydrogen) atoms. The van der Waals surface area contributed by atoms with E-state index >= 15 is 0 Å². The first-order valence-corrected chi connectivity index (χ1v) is 5.96. The van der Waals surface area contributed by atoms with Crippen LogP contribution in [-0.4, -0.2) is 11.1 Å². The van der Waals surface area contributed by atoms with E-state index in [1.54, 1.807) is 0 Å². The van der Waals surface area contributed by atoms with Gasteiger partial charge in [-0.1, -0.05) is 34.5 Å². The molecule has 80 valence electrons. The predicted octanol–water partition coefficient (Wildman–Crippen LogP) is 3.42. The van der Waals surface area contributed by atoms with Crippen LogP contribution in [0.4, 0.5) is 0 Å². The van der Waals surface area contributed by atoms with E-state index in [-0.39, 0.29) is 5.92 Å². The first-order valence-electron chi connectivity index (χ1n) is 5.17. The highest BCUT2D eigenvalue weighted by atomic mass is 79.9. The summed E-state index contributed by atoms with van der Waals surface area (Å²) >= 11 is 3.35. The third kappa shape index (κ3) is 2.23. The molecule has 0 amide bonds. The van der Waals surface area contributed by atoms with E-state index in [2.05, 4.69) is 15.9 Å². The first-order chi connectivity index (χ1) is 7.18. The largest absolute Gasteiger partial charge is 0.481 e. The molecule has 1 N–H and O–H groups in total. The lowest BCUT2D eigenvalue weighted by Gasteiger charge is -2.31. The van der Waals surface area contributed by atoms with E-state index in [0.29, 0.717) is 5.92 Å². The first kappa shape index (κ1) is 10.7. The van der Waals surface area contributed by atoms with Gasteiger partial charge in [-0.25, -0.2) is 0 Å². The summed E-state index contributed by atoms with van der Waals surface area (Å²) in [6.07, 6.45) is 3.27. The highest BCUT2D eigenvalue weighted by molar-refractivity contribution is 9.10. The van der Waals surface area contributed by atoms with Gasteiger partial charge in [-0.15, -0.1) is 0 Å². The maximum atomic E-state index is 11.2. The van der Waals surface area contributed by atoms with E-state index in [1.165, 1.54) is 6.42 Å². The van der Waals surface area contributed by atoms with Crippen LogP contribution in [0.1, 0.15) is 30.7 Å². The van der Waals surface area contributed by atoms with E-state index in [0.717, 1.165) is 22.9 Å². The number of halogens is 1. The molecule has 1 saturated carbocycles. The molecule has 1 atom stereocenters. The zero-order valence-corrected chi connectivity index (χ0v) is 9.90. The minimum atomic E-state index is -0.693. The SMILES string of the molecule is O=C(O)[C@H](c1ccc(Br)cc1)C1CCC1. The van der Waals surface area contributed by atoms with Crippen molar-refractivity contribution < 1.29 is 9.90 Å². The molecule has 0 saturated heterocycles. The molecular formula is C12H13BrO2. The number of carboxylic acid groups (broad SMARTS) is 1. The second-order valence-electron chi connectivity index (χ2n) is 4.06. The fourth-order valence-electron chi connectivity index (χ4n) is 2.06. The van der Waals surface area contributed by atoms with Crippen molar-refractivity contribution in [1.82, 2.24) is 0 Å². The molecule has 0 unspecified atom stereocenters. The molecule has 0 aliphatic heterocycles. The molecule has 1 aliphatic rings. The van der Waals surface area contributed by atoms with Crippen molar-refractivity contribution in [2.75, 3.05) is 0 Å². The Labute approximate surface area is 97.4 Å². The van der Waals surface area contributed by atoms with Crippen molar-refractivity contribution in [2.24, 2.45) is 5.92 Å². The third-order valence-corrected chi connectivity index (χ3v) is 3.65. The fraction of sp³-hybridized carbons (Fsp3) is 0.417. The minimum absolute atomic E-state index is 0.313. The summed E-state index contributed by atoms with van der Waals surface area (Å²) in [5.41, 5.74) is 0.926. The zero-order valence-electron chi connectivity index (χ0n) is 8.32. The Hall–Kier alpha value is -0.830. The Morgan fingerprint density at radius 3 is 2.33 bits per heavy atom. The van der Waals surface area contributed by atoms with E-state index < -0.39 is 5.97 Å². The van der Waals surface area contributed by atoms with Crippen LogP contribution in [0.2, 0.25) is 0 Å². The Morgan fingerprint density at radius 2 is 1.93 bits per heavy atom. The molecule has 1 fully saturated rings. The van der Waals surface area contributed by atoms with Crippen LogP contribution in [0.3, 0.4) is 0 Å². The molecule has 0 spiro atoms. The highest BCUT2D eigenvalue weighted by Gasteiger charge is 2.33. The summed E-state index contributed by atoms with van der Waals surface area (Å²) in [7, 11) is 0. The van der Waals surface area contributed by atoms with Crippen molar-refractivity contribution in [3.05, 3.63) is 34.3 Å². The molecule has 2 rings (SSSR count). The molecule has 0 radical (unpaired) electrons. The lowest BCUT2D eigenvalue weighted by Crippen LogP contribution is -2.26. The zero-order chi connectivity index (χ0) is 10.8. The molecule has 3 heteroatoms. The molecule has 1 aromatic rings. The van der Waals surface area contributed by atoms with Gasteiger partial charge < -0.3 is 5.11 Å².